The minimum absolute atomic E-state index is 0.00491. The summed E-state index contributed by atoms with van der Waals surface area (Å²) in [4.78, 5) is 0. The Morgan fingerprint density at radius 2 is 2.18 bits per heavy atom. The number of aliphatic hydroxyl groups excluding tert-OH is 1. The van der Waals surface area contributed by atoms with E-state index in [0.29, 0.717) is 5.92 Å². The highest BCUT2D eigenvalue weighted by molar-refractivity contribution is 4.92. The topological polar surface area (TPSA) is 20.2 Å². The second-order valence-electron chi connectivity index (χ2n) is 4.31. The Balaban J connectivity index is 1.96. The normalized spacial score (nSPS) is 44.7. The van der Waals surface area contributed by atoms with E-state index in [2.05, 4.69) is 6.92 Å². The summed E-state index contributed by atoms with van der Waals surface area (Å²) in [5.74, 6) is 2.53. The third-order valence-corrected chi connectivity index (χ3v) is 3.71. The molecule has 2 fully saturated rings. The number of fused-ring (bicyclic) bond motifs is 2. The zero-order valence-corrected chi connectivity index (χ0v) is 7.29. The van der Waals surface area contributed by atoms with Crippen LogP contribution in [0.5, 0.6) is 0 Å². The summed E-state index contributed by atoms with van der Waals surface area (Å²) >= 11 is 0. The maximum Gasteiger partial charge on any atom is 0.0568 e. The maximum absolute atomic E-state index is 9.68. The van der Waals surface area contributed by atoms with E-state index in [1.54, 1.807) is 0 Å². The molecule has 0 aromatic carbocycles. The Bertz CT molecular complexity index is 144. The molecule has 11 heavy (non-hydrogen) atoms. The molecule has 1 heteroatoms. The van der Waals surface area contributed by atoms with Gasteiger partial charge in [0.1, 0.15) is 0 Å². The highest BCUT2D eigenvalue weighted by Gasteiger charge is 2.41. The van der Waals surface area contributed by atoms with Crippen LogP contribution in [-0.2, 0) is 0 Å². The summed E-state index contributed by atoms with van der Waals surface area (Å²) in [5, 5.41) is 9.68. The van der Waals surface area contributed by atoms with Crippen LogP contribution in [0, 0.1) is 17.8 Å². The van der Waals surface area contributed by atoms with Crippen molar-refractivity contribution in [3.05, 3.63) is 0 Å². The van der Waals surface area contributed by atoms with E-state index in [9.17, 15) is 5.11 Å². The largest absolute Gasteiger partial charge is 0.393 e. The van der Waals surface area contributed by atoms with Gasteiger partial charge in [-0.1, -0.05) is 13.3 Å². The van der Waals surface area contributed by atoms with Crippen molar-refractivity contribution in [2.24, 2.45) is 17.8 Å². The number of rotatable bonds is 2. The van der Waals surface area contributed by atoms with E-state index < -0.39 is 0 Å². The highest BCUT2D eigenvalue weighted by Crippen LogP contribution is 2.49. The van der Waals surface area contributed by atoms with Crippen LogP contribution in [0.2, 0.25) is 0 Å². The van der Waals surface area contributed by atoms with Gasteiger partial charge in [0.25, 0.3) is 0 Å². The summed E-state index contributed by atoms with van der Waals surface area (Å²) < 4.78 is 0. The average Bonchev–Trinajstić information content (AvgIpc) is 2.62. The minimum Gasteiger partial charge on any atom is -0.393 e. The Hall–Kier alpha value is -0.0400. The minimum atomic E-state index is 0.00491. The lowest BCUT2D eigenvalue weighted by Gasteiger charge is -2.25. The van der Waals surface area contributed by atoms with Gasteiger partial charge in [-0.15, -0.1) is 0 Å². The van der Waals surface area contributed by atoms with Crippen molar-refractivity contribution in [2.75, 3.05) is 0 Å². The monoisotopic (exact) mass is 154 g/mol. The van der Waals surface area contributed by atoms with Gasteiger partial charge < -0.3 is 5.11 Å². The van der Waals surface area contributed by atoms with Crippen LogP contribution in [0.1, 0.15) is 39.0 Å². The van der Waals surface area contributed by atoms with E-state index >= 15 is 0 Å². The molecule has 2 saturated carbocycles. The van der Waals surface area contributed by atoms with Gasteiger partial charge in [0.15, 0.2) is 0 Å². The van der Waals surface area contributed by atoms with Crippen LogP contribution in [0.25, 0.3) is 0 Å². The zero-order chi connectivity index (χ0) is 7.84. The SMILES string of the molecule is CC[C@@H](O)C1CC2CCC1C2. The fourth-order valence-electron chi connectivity index (χ4n) is 3.07. The summed E-state index contributed by atoms with van der Waals surface area (Å²) in [6, 6.07) is 0. The van der Waals surface area contributed by atoms with Gasteiger partial charge in [-0.3, -0.25) is 0 Å². The van der Waals surface area contributed by atoms with Gasteiger partial charge in [-0.05, 0) is 43.4 Å². The van der Waals surface area contributed by atoms with Crippen LogP contribution in [0.15, 0.2) is 0 Å². The van der Waals surface area contributed by atoms with E-state index in [0.717, 1.165) is 18.3 Å². The molecule has 2 bridgehead atoms. The van der Waals surface area contributed by atoms with Crippen molar-refractivity contribution in [1.82, 2.24) is 0 Å². The standard InChI is InChI=1S/C10H18O/c1-2-10(11)9-6-7-3-4-8(9)5-7/h7-11H,2-6H2,1H3/t7?,8?,9?,10-/m1/s1. The Morgan fingerprint density at radius 1 is 1.36 bits per heavy atom. The summed E-state index contributed by atoms with van der Waals surface area (Å²) in [7, 11) is 0. The molecule has 1 nitrogen and oxygen atoms in total. The fourth-order valence-corrected chi connectivity index (χ4v) is 3.07. The Labute approximate surface area is 68.8 Å². The molecule has 0 saturated heterocycles. The summed E-state index contributed by atoms with van der Waals surface area (Å²) in [6.45, 7) is 2.09. The van der Waals surface area contributed by atoms with Gasteiger partial charge in [0, 0.05) is 0 Å². The average molecular weight is 154 g/mol. The van der Waals surface area contributed by atoms with Crippen LogP contribution in [-0.4, -0.2) is 11.2 Å². The Kier molecular flexibility index (Phi) is 1.92. The van der Waals surface area contributed by atoms with Crippen molar-refractivity contribution < 1.29 is 5.11 Å². The smallest absolute Gasteiger partial charge is 0.0568 e. The molecule has 64 valence electrons. The van der Waals surface area contributed by atoms with Gasteiger partial charge in [-0.25, -0.2) is 0 Å². The molecule has 0 spiro atoms. The van der Waals surface area contributed by atoms with Crippen molar-refractivity contribution in [1.29, 1.82) is 0 Å². The van der Waals surface area contributed by atoms with E-state index in [4.69, 9.17) is 0 Å². The molecular formula is C10H18O. The number of hydrogen-bond donors (Lipinski definition) is 1. The third kappa shape index (κ3) is 1.20. The van der Waals surface area contributed by atoms with Crippen molar-refractivity contribution >= 4 is 0 Å². The Morgan fingerprint density at radius 3 is 2.64 bits per heavy atom. The van der Waals surface area contributed by atoms with Crippen LogP contribution in [0.3, 0.4) is 0 Å². The lowest BCUT2D eigenvalue weighted by atomic mass is 9.84. The molecular weight excluding hydrogens is 136 g/mol. The predicted octanol–water partition coefficient (Wildman–Crippen LogP) is 2.19. The molecule has 0 aromatic heterocycles. The molecule has 0 aliphatic heterocycles. The van der Waals surface area contributed by atoms with Crippen molar-refractivity contribution in [2.45, 2.75) is 45.1 Å². The molecule has 0 radical (unpaired) electrons. The van der Waals surface area contributed by atoms with E-state index in [1.165, 1.54) is 25.7 Å². The first-order chi connectivity index (χ1) is 5.31. The maximum atomic E-state index is 9.68. The van der Waals surface area contributed by atoms with Gasteiger partial charge in [0.2, 0.25) is 0 Å². The van der Waals surface area contributed by atoms with E-state index in [-0.39, 0.29) is 6.10 Å². The first-order valence-corrected chi connectivity index (χ1v) is 4.99. The molecule has 2 rings (SSSR count). The molecule has 3 unspecified atom stereocenters. The van der Waals surface area contributed by atoms with Gasteiger partial charge >= 0.3 is 0 Å². The third-order valence-electron chi connectivity index (χ3n) is 3.71. The van der Waals surface area contributed by atoms with Gasteiger partial charge in [-0.2, -0.15) is 0 Å². The van der Waals surface area contributed by atoms with Crippen LogP contribution < -0.4 is 0 Å². The molecule has 1 N–H and O–H groups in total. The van der Waals surface area contributed by atoms with Crippen molar-refractivity contribution in [3.8, 4) is 0 Å². The van der Waals surface area contributed by atoms with Crippen LogP contribution in [0.4, 0.5) is 0 Å². The molecule has 4 atom stereocenters. The lowest BCUT2D eigenvalue weighted by molar-refractivity contribution is 0.0717. The second kappa shape index (κ2) is 2.78. The fraction of sp³-hybridized carbons (Fsp3) is 1.00. The quantitative estimate of drug-likeness (QED) is 0.646. The molecule has 2 aliphatic carbocycles. The van der Waals surface area contributed by atoms with Gasteiger partial charge in [0.05, 0.1) is 6.10 Å². The molecule has 0 amide bonds. The van der Waals surface area contributed by atoms with Crippen molar-refractivity contribution in [3.63, 3.8) is 0 Å². The first-order valence-electron chi connectivity index (χ1n) is 4.99. The number of hydrogen-bond acceptors (Lipinski definition) is 1. The highest BCUT2D eigenvalue weighted by atomic mass is 16.3. The predicted molar refractivity (Wildman–Crippen MR) is 45.2 cm³/mol. The first kappa shape index (κ1) is 7.60. The molecule has 0 aromatic rings. The lowest BCUT2D eigenvalue weighted by Crippen LogP contribution is -2.24. The summed E-state index contributed by atoms with van der Waals surface area (Å²) in [5.41, 5.74) is 0. The number of aliphatic hydroxyl groups is 1. The second-order valence-corrected chi connectivity index (χ2v) is 4.31. The molecule has 0 heterocycles. The van der Waals surface area contributed by atoms with E-state index in [1.807, 2.05) is 0 Å². The summed E-state index contributed by atoms with van der Waals surface area (Å²) in [6.07, 6.45) is 6.53. The molecule has 2 aliphatic rings. The zero-order valence-electron chi connectivity index (χ0n) is 7.29. The van der Waals surface area contributed by atoms with Crippen LogP contribution >= 0.6 is 0 Å².